The van der Waals surface area contributed by atoms with E-state index in [4.69, 9.17) is 9.47 Å². The molecule has 0 saturated heterocycles. The summed E-state index contributed by atoms with van der Waals surface area (Å²) >= 11 is 0. The van der Waals surface area contributed by atoms with Crippen molar-refractivity contribution in [3.8, 4) is 11.5 Å². The molecule has 0 bridgehead atoms. The smallest absolute Gasteiger partial charge is 0.248 e. The van der Waals surface area contributed by atoms with Crippen LogP contribution >= 0.6 is 0 Å². The lowest BCUT2D eigenvalue weighted by molar-refractivity contribution is -0.111. The summed E-state index contributed by atoms with van der Waals surface area (Å²) in [6.45, 7) is 6.75. The molecule has 2 aromatic rings. The lowest BCUT2D eigenvalue weighted by Gasteiger charge is -2.09. The number of hydrogen-bond donors (Lipinski definition) is 1. The Bertz CT molecular complexity index is 733. The van der Waals surface area contributed by atoms with Crippen molar-refractivity contribution >= 4 is 17.7 Å². The first kappa shape index (κ1) is 18.6. The molecular weight excluding hydrogens is 314 g/mol. The maximum Gasteiger partial charge on any atom is 0.248 e. The number of rotatable bonds is 7. The minimum absolute atomic E-state index is 0.175. The fourth-order valence-corrected chi connectivity index (χ4v) is 2.37. The Kier molecular flexibility index (Phi) is 6.63. The number of benzene rings is 2. The number of ether oxygens (including phenoxy) is 2. The van der Waals surface area contributed by atoms with Crippen LogP contribution in [0.25, 0.3) is 6.08 Å². The molecule has 25 heavy (non-hydrogen) atoms. The molecular formula is C21H25NO3. The molecule has 0 saturated carbocycles. The van der Waals surface area contributed by atoms with Crippen LogP contribution in [-0.4, -0.2) is 19.6 Å². The monoisotopic (exact) mass is 339 g/mol. The van der Waals surface area contributed by atoms with Crippen molar-refractivity contribution < 1.29 is 14.3 Å². The molecule has 0 heterocycles. The number of amides is 1. The summed E-state index contributed by atoms with van der Waals surface area (Å²) in [6, 6.07) is 13.5. The van der Waals surface area contributed by atoms with E-state index in [0.717, 1.165) is 11.3 Å². The Morgan fingerprint density at radius 1 is 1.12 bits per heavy atom. The van der Waals surface area contributed by atoms with Crippen LogP contribution in [0.5, 0.6) is 11.5 Å². The molecule has 0 aliphatic carbocycles. The highest BCUT2D eigenvalue weighted by atomic mass is 16.5. The molecule has 2 aromatic carbocycles. The maximum atomic E-state index is 12.1. The molecule has 0 atom stereocenters. The van der Waals surface area contributed by atoms with Crippen LogP contribution in [0.1, 0.15) is 37.8 Å². The van der Waals surface area contributed by atoms with Gasteiger partial charge in [-0.05, 0) is 54.3 Å². The lowest BCUT2D eigenvalue weighted by atomic mass is 10.0. The Morgan fingerprint density at radius 2 is 1.84 bits per heavy atom. The normalized spacial score (nSPS) is 10.9. The largest absolute Gasteiger partial charge is 0.493 e. The molecule has 1 N–H and O–H groups in total. The van der Waals surface area contributed by atoms with Gasteiger partial charge in [0, 0.05) is 11.8 Å². The number of anilines is 1. The molecule has 132 valence electrons. The topological polar surface area (TPSA) is 47.6 Å². The number of carbonyl (C=O) groups is 1. The van der Waals surface area contributed by atoms with Crippen molar-refractivity contribution in [2.24, 2.45) is 0 Å². The second kappa shape index (κ2) is 8.92. The zero-order chi connectivity index (χ0) is 18.2. The van der Waals surface area contributed by atoms with E-state index < -0.39 is 0 Å². The van der Waals surface area contributed by atoms with Crippen molar-refractivity contribution in [3.05, 3.63) is 59.7 Å². The molecule has 0 radical (unpaired) electrons. The van der Waals surface area contributed by atoms with Gasteiger partial charge in [0.2, 0.25) is 5.91 Å². The van der Waals surface area contributed by atoms with Crippen molar-refractivity contribution in [3.63, 3.8) is 0 Å². The Labute approximate surface area is 149 Å². The average molecular weight is 339 g/mol. The van der Waals surface area contributed by atoms with Crippen LogP contribution in [0, 0.1) is 0 Å². The van der Waals surface area contributed by atoms with E-state index in [-0.39, 0.29) is 5.91 Å². The zero-order valence-corrected chi connectivity index (χ0v) is 15.2. The van der Waals surface area contributed by atoms with Crippen LogP contribution in [0.2, 0.25) is 0 Å². The van der Waals surface area contributed by atoms with Gasteiger partial charge in [-0.3, -0.25) is 4.79 Å². The molecule has 0 aromatic heterocycles. The highest BCUT2D eigenvalue weighted by Gasteiger charge is 2.05. The lowest BCUT2D eigenvalue weighted by Crippen LogP contribution is -2.07. The third-order valence-electron chi connectivity index (χ3n) is 3.76. The summed E-state index contributed by atoms with van der Waals surface area (Å²) in [7, 11) is 1.60. The van der Waals surface area contributed by atoms with Crippen LogP contribution in [0.15, 0.2) is 48.5 Å². The number of methoxy groups -OCH3 is 1. The van der Waals surface area contributed by atoms with Gasteiger partial charge < -0.3 is 14.8 Å². The maximum absolute atomic E-state index is 12.1. The van der Waals surface area contributed by atoms with Crippen molar-refractivity contribution in [2.45, 2.75) is 26.7 Å². The number of hydrogen-bond acceptors (Lipinski definition) is 3. The zero-order valence-electron chi connectivity index (χ0n) is 15.2. The molecule has 0 aliphatic rings. The van der Waals surface area contributed by atoms with Crippen molar-refractivity contribution in [1.29, 1.82) is 0 Å². The minimum Gasteiger partial charge on any atom is -0.493 e. The number of carbonyl (C=O) groups excluding carboxylic acids is 1. The second-order valence-electron chi connectivity index (χ2n) is 5.94. The second-order valence-corrected chi connectivity index (χ2v) is 5.94. The van der Waals surface area contributed by atoms with Crippen molar-refractivity contribution in [2.75, 3.05) is 19.0 Å². The van der Waals surface area contributed by atoms with Crippen molar-refractivity contribution in [1.82, 2.24) is 0 Å². The fourth-order valence-electron chi connectivity index (χ4n) is 2.37. The third-order valence-corrected chi connectivity index (χ3v) is 3.76. The quantitative estimate of drug-likeness (QED) is 0.732. The summed E-state index contributed by atoms with van der Waals surface area (Å²) in [5, 5.41) is 2.86. The number of nitrogens with one attached hydrogen (secondary N) is 1. The molecule has 1 amide bonds. The fraction of sp³-hybridized carbons (Fsp3) is 0.286. The standard InChI is InChI=1S/C21H25NO3/c1-5-25-20-14-16(6-12-19(20)24-4)7-13-21(23)22-18-10-8-17(9-11-18)15(2)3/h6-15H,5H2,1-4H3,(H,22,23)/b13-7+. The van der Waals surface area contributed by atoms with Gasteiger partial charge in [-0.1, -0.05) is 32.0 Å². The van der Waals surface area contributed by atoms with Gasteiger partial charge in [0.05, 0.1) is 13.7 Å². The van der Waals surface area contributed by atoms with Gasteiger partial charge in [-0.2, -0.15) is 0 Å². The predicted octanol–water partition coefficient (Wildman–Crippen LogP) is 4.87. The van der Waals surface area contributed by atoms with Gasteiger partial charge in [-0.25, -0.2) is 0 Å². The molecule has 0 spiro atoms. The molecule has 0 fully saturated rings. The van der Waals surface area contributed by atoms with E-state index >= 15 is 0 Å². The SMILES string of the molecule is CCOc1cc(/C=C/C(=O)Nc2ccc(C(C)C)cc2)ccc1OC. The first-order valence-corrected chi connectivity index (χ1v) is 8.43. The Hall–Kier alpha value is -2.75. The summed E-state index contributed by atoms with van der Waals surface area (Å²) in [6.07, 6.45) is 3.26. The van der Waals surface area contributed by atoms with E-state index in [1.807, 2.05) is 49.4 Å². The minimum atomic E-state index is -0.175. The molecule has 2 rings (SSSR count). The van der Waals surface area contributed by atoms with E-state index in [9.17, 15) is 4.79 Å². The first-order chi connectivity index (χ1) is 12.0. The summed E-state index contributed by atoms with van der Waals surface area (Å²) in [5.74, 6) is 1.64. The van der Waals surface area contributed by atoms with Gasteiger partial charge in [-0.15, -0.1) is 0 Å². The summed E-state index contributed by atoms with van der Waals surface area (Å²) in [4.78, 5) is 12.1. The van der Waals surface area contributed by atoms with Crippen LogP contribution in [-0.2, 0) is 4.79 Å². The van der Waals surface area contributed by atoms with E-state index in [1.165, 1.54) is 11.6 Å². The highest BCUT2D eigenvalue weighted by molar-refractivity contribution is 6.01. The molecule has 0 aliphatic heterocycles. The Morgan fingerprint density at radius 3 is 2.44 bits per heavy atom. The van der Waals surface area contributed by atoms with Gasteiger partial charge >= 0.3 is 0 Å². The van der Waals surface area contributed by atoms with E-state index in [0.29, 0.717) is 24.0 Å². The molecule has 0 unspecified atom stereocenters. The molecule has 4 heteroatoms. The van der Waals surface area contributed by atoms with Crippen LogP contribution < -0.4 is 14.8 Å². The molecule has 4 nitrogen and oxygen atoms in total. The van der Waals surface area contributed by atoms with Crippen LogP contribution in [0.3, 0.4) is 0 Å². The predicted molar refractivity (Wildman–Crippen MR) is 102 cm³/mol. The summed E-state index contributed by atoms with van der Waals surface area (Å²) in [5.41, 5.74) is 2.90. The first-order valence-electron chi connectivity index (χ1n) is 8.43. The van der Waals surface area contributed by atoms with Gasteiger partial charge in [0.1, 0.15) is 0 Å². The Balaban J connectivity index is 2.03. The van der Waals surface area contributed by atoms with Gasteiger partial charge in [0.25, 0.3) is 0 Å². The van der Waals surface area contributed by atoms with Gasteiger partial charge in [0.15, 0.2) is 11.5 Å². The average Bonchev–Trinajstić information content (AvgIpc) is 2.61. The highest BCUT2D eigenvalue weighted by Crippen LogP contribution is 2.28. The van der Waals surface area contributed by atoms with E-state index in [2.05, 4.69) is 19.2 Å². The van der Waals surface area contributed by atoms with E-state index in [1.54, 1.807) is 13.2 Å². The third kappa shape index (κ3) is 5.38. The summed E-state index contributed by atoms with van der Waals surface area (Å²) < 4.78 is 10.8. The van der Waals surface area contributed by atoms with Crippen LogP contribution in [0.4, 0.5) is 5.69 Å².